The van der Waals surface area contributed by atoms with E-state index in [-0.39, 0.29) is 17.7 Å². The van der Waals surface area contributed by atoms with E-state index in [4.69, 9.17) is 5.73 Å². The highest BCUT2D eigenvalue weighted by molar-refractivity contribution is 7.12. The zero-order valence-electron chi connectivity index (χ0n) is 14.8. The van der Waals surface area contributed by atoms with Crippen LogP contribution in [0.3, 0.4) is 0 Å². The van der Waals surface area contributed by atoms with Gasteiger partial charge in [-0.05, 0) is 51.2 Å². The van der Waals surface area contributed by atoms with Gasteiger partial charge in [-0.3, -0.25) is 9.59 Å². The lowest BCUT2D eigenvalue weighted by molar-refractivity contribution is -0.135. The summed E-state index contributed by atoms with van der Waals surface area (Å²) in [6.45, 7) is 6.53. The molecule has 0 bridgehead atoms. The van der Waals surface area contributed by atoms with Gasteiger partial charge in [0.05, 0.1) is 5.92 Å². The molecule has 1 aliphatic rings. The molecule has 1 aromatic heterocycles. The van der Waals surface area contributed by atoms with Crippen LogP contribution in [-0.4, -0.2) is 42.9 Å². The number of amides is 2. The molecule has 0 aliphatic carbocycles. The molecule has 1 unspecified atom stereocenters. The van der Waals surface area contributed by atoms with E-state index in [0.717, 1.165) is 32.2 Å². The fraction of sp³-hybridized carbons (Fsp3) is 0.667. The number of nitrogens with zero attached hydrogens (tertiary/aromatic N) is 1. The van der Waals surface area contributed by atoms with Crippen molar-refractivity contribution < 1.29 is 9.59 Å². The average Bonchev–Trinajstić information content (AvgIpc) is 2.90. The minimum Gasteiger partial charge on any atom is -0.355 e. The number of likely N-dealkylation sites (tertiary alicyclic amines) is 1. The third kappa shape index (κ3) is 5.31. The van der Waals surface area contributed by atoms with E-state index in [0.29, 0.717) is 26.1 Å². The van der Waals surface area contributed by atoms with E-state index in [9.17, 15) is 9.59 Å². The van der Waals surface area contributed by atoms with Gasteiger partial charge in [0.25, 0.3) is 0 Å². The van der Waals surface area contributed by atoms with E-state index < -0.39 is 0 Å². The first kappa shape index (κ1) is 18.9. The van der Waals surface area contributed by atoms with Gasteiger partial charge >= 0.3 is 0 Å². The molecular formula is C18H29N3O2S. The van der Waals surface area contributed by atoms with Crippen LogP contribution in [0.2, 0.25) is 0 Å². The van der Waals surface area contributed by atoms with Gasteiger partial charge in [-0.15, -0.1) is 11.3 Å². The highest BCUT2D eigenvalue weighted by Crippen LogP contribution is 2.23. The van der Waals surface area contributed by atoms with Crippen molar-refractivity contribution in [1.82, 2.24) is 10.2 Å². The van der Waals surface area contributed by atoms with Gasteiger partial charge in [0, 0.05) is 42.4 Å². The van der Waals surface area contributed by atoms with Gasteiger partial charge in [0.2, 0.25) is 11.8 Å². The molecule has 5 nitrogen and oxygen atoms in total. The summed E-state index contributed by atoms with van der Waals surface area (Å²) in [6.07, 6.45) is 4.14. The molecule has 0 spiro atoms. The first-order chi connectivity index (χ1) is 11.5. The largest absolute Gasteiger partial charge is 0.355 e. The summed E-state index contributed by atoms with van der Waals surface area (Å²) in [4.78, 5) is 29.0. The van der Waals surface area contributed by atoms with Crippen LogP contribution in [0.4, 0.5) is 0 Å². The van der Waals surface area contributed by atoms with Crippen LogP contribution in [-0.2, 0) is 16.0 Å². The van der Waals surface area contributed by atoms with Crippen molar-refractivity contribution in [2.45, 2.75) is 46.0 Å². The van der Waals surface area contributed by atoms with Crippen LogP contribution in [0.25, 0.3) is 0 Å². The molecule has 2 amide bonds. The molecule has 1 aliphatic heterocycles. The Morgan fingerprint density at radius 3 is 2.88 bits per heavy atom. The van der Waals surface area contributed by atoms with Gasteiger partial charge in [-0.25, -0.2) is 0 Å². The molecule has 134 valence electrons. The molecule has 24 heavy (non-hydrogen) atoms. The smallest absolute Gasteiger partial charge is 0.224 e. The molecular weight excluding hydrogens is 322 g/mol. The Morgan fingerprint density at radius 2 is 2.21 bits per heavy atom. The second-order valence-electron chi connectivity index (χ2n) is 6.55. The van der Waals surface area contributed by atoms with E-state index in [1.807, 2.05) is 16.2 Å². The summed E-state index contributed by atoms with van der Waals surface area (Å²) < 4.78 is 0. The van der Waals surface area contributed by atoms with Gasteiger partial charge in [-0.2, -0.15) is 0 Å². The molecule has 2 rings (SSSR count). The normalized spacial score (nSPS) is 17.8. The quantitative estimate of drug-likeness (QED) is 0.789. The summed E-state index contributed by atoms with van der Waals surface area (Å²) in [5.41, 5.74) is 6.78. The number of thiophene rings is 1. The Morgan fingerprint density at radius 1 is 1.42 bits per heavy atom. The Balaban J connectivity index is 1.77. The predicted octanol–water partition coefficient (Wildman–Crippen LogP) is 2.00. The summed E-state index contributed by atoms with van der Waals surface area (Å²) in [7, 11) is 0. The maximum Gasteiger partial charge on any atom is 0.224 e. The van der Waals surface area contributed by atoms with E-state index >= 15 is 0 Å². The maximum atomic E-state index is 12.4. The van der Waals surface area contributed by atoms with Crippen LogP contribution in [0.5, 0.6) is 0 Å². The SMILES string of the molecule is Cc1cc(CCCC(=O)N2CCCC(C(=O)NCCN)C2)c(C)s1. The number of carbonyl (C=O) groups is 2. The van der Waals surface area contributed by atoms with Gasteiger partial charge in [0.1, 0.15) is 0 Å². The Hall–Kier alpha value is -1.40. The van der Waals surface area contributed by atoms with E-state index in [2.05, 4.69) is 25.2 Å². The van der Waals surface area contributed by atoms with Crippen molar-refractivity contribution in [3.05, 3.63) is 21.4 Å². The highest BCUT2D eigenvalue weighted by atomic mass is 32.1. The number of aryl methyl sites for hydroxylation is 3. The molecule has 2 heterocycles. The lowest BCUT2D eigenvalue weighted by Gasteiger charge is -2.32. The molecule has 0 saturated carbocycles. The molecule has 1 aromatic rings. The van der Waals surface area contributed by atoms with E-state index in [1.165, 1.54) is 15.3 Å². The van der Waals surface area contributed by atoms with Crippen LogP contribution >= 0.6 is 11.3 Å². The predicted molar refractivity (Wildman–Crippen MR) is 98.1 cm³/mol. The molecule has 1 fully saturated rings. The summed E-state index contributed by atoms with van der Waals surface area (Å²) >= 11 is 1.82. The van der Waals surface area contributed by atoms with Crippen molar-refractivity contribution in [3.63, 3.8) is 0 Å². The maximum absolute atomic E-state index is 12.4. The number of hydrogen-bond acceptors (Lipinski definition) is 4. The fourth-order valence-electron chi connectivity index (χ4n) is 3.28. The van der Waals surface area contributed by atoms with Crippen molar-refractivity contribution >= 4 is 23.2 Å². The summed E-state index contributed by atoms with van der Waals surface area (Å²) in [5, 5.41) is 2.83. The average molecular weight is 352 g/mol. The lowest BCUT2D eigenvalue weighted by atomic mass is 9.96. The number of piperidine rings is 1. The first-order valence-corrected chi connectivity index (χ1v) is 9.64. The molecule has 1 atom stereocenters. The molecule has 0 aromatic carbocycles. The zero-order chi connectivity index (χ0) is 17.5. The monoisotopic (exact) mass is 351 g/mol. The summed E-state index contributed by atoms with van der Waals surface area (Å²) in [6, 6.07) is 2.23. The molecule has 0 radical (unpaired) electrons. The number of nitrogens with one attached hydrogen (secondary N) is 1. The third-order valence-corrected chi connectivity index (χ3v) is 5.58. The zero-order valence-corrected chi connectivity index (χ0v) is 15.6. The number of hydrogen-bond donors (Lipinski definition) is 2. The molecule has 6 heteroatoms. The number of carbonyl (C=O) groups excluding carboxylic acids is 2. The van der Waals surface area contributed by atoms with E-state index in [1.54, 1.807) is 0 Å². The first-order valence-electron chi connectivity index (χ1n) is 8.82. The number of rotatable bonds is 7. The van der Waals surface area contributed by atoms with Gasteiger partial charge < -0.3 is 16.0 Å². The Bertz CT molecular complexity index is 571. The van der Waals surface area contributed by atoms with Crippen molar-refractivity contribution in [2.75, 3.05) is 26.2 Å². The summed E-state index contributed by atoms with van der Waals surface area (Å²) in [5.74, 6) is 0.120. The lowest BCUT2D eigenvalue weighted by Crippen LogP contribution is -2.46. The van der Waals surface area contributed by atoms with Crippen LogP contribution in [0, 0.1) is 19.8 Å². The molecule has 3 N–H and O–H groups in total. The van der Waals surface area contributed by atoms with Crippen molar-refractivity contribution in [3.8, 4) is 0 Å². The van der Waals surface area contributed by atoms with Crippen LogP contribution in [0.15, 0.2) is 6.07 Å². The second kappa shape index (κ2) is 9.18. The Labute approximate surface area is 148 Å². The number of nitrogens with two attached hydrogens (primary N) is 1. The molecule has 1 saturated heterocycles. The van der Waals surface area contributed by atoms with Gasteiger partial charge in [-0.1, -0.05) is 0 Å². The highest BCUT2D eigenvalue weighted by Gasteiger charge is 2.27. The van der Waals surface area contributed by atoms with Crippen molar-refractivity contribution in [2.24, 2.45) is 11.7 Å². The standard InChI is InChI=1S/C18H29N3O2S/c1-13-11-15(14(2)24-13)5-3-7-17(22)21-10-4-6-16(12-21)18(23)20-9-8-19/h11,16H,3-10,12,19H2,1-2H3,(H,20,23). The van der Waals surface area contributed by atoms with Crippen molar-refractivity contribution in [1.29, 1.82) is 0 Å². The topological polar surface area (TPSA) is 75.4 Å². The minimum atomic E-state index is -0.0870. The minimum absolute atomic E-state index is 0.0299. The second-order valence-corrected chi connectivity index (χ2v) is 8.01. The van der Waals surface area contributed by atoms with Gasteiger partial charge in [0.15, 0.2) is 0 Å². The Kier molecular flexibility index (Phi) is 7.24. The van der Waals surface area contributed by atoms with Crippen LogP contribution in [0.1, 0.15) is 41.0 Å². The van der Waals surface area contributed by atoms with Crippen LogP contribution < -0.4 is 11.1 Å². The fourth-order valence-corrected chi connectivity index (χ4v) is 4.25. The third-order valence-electron chi connectivity index (χ3n) is 4.57.